The van der Waals surface area contributed by atoms with E-state index in [4.69, 9.17) is 13.9 Å². The first-order valence-corrected chi connectivity index (χ1v) is 9.00. The van der Waals surface area contributed by atoms with E-state index < -0.39 is 0 Å². The summed E-state index contributed by atoms with van der Waals surface area (Å²) in [5.74, 6) is 1.03. The van der Waals surface area contributed by atoms with Crippen LogP contribution in [0.25, 0.3) is 0 Å². The monoisotopic (exact) mass is 394 g/mol. The first-order chi connectivity index (χ1) is 14.0. The van der Waals surface area contributed by atoms with Gasteiger partial charge in [0.2, 0.25) is 0 Å². The number of likely N-dealkylation sites (N-methyl/N-ethyl adjacent to an activating group) is 1. The summed E-state index contributed by atoms with van der Waals surface area (Å²) in [5.41, 5.74) is 1.57. The second-order valence-corrected chi connectivity index (χ2v) is 6.35. The highest BCUT2D eigenvalue weighted by molar-refractivity contribution is 6.02. The van der Waals surface area contributed by atoms with Gasteiger partial charge in [-0.25, -0.2) is 0 Å². The van der Waals surface area contributed by atoms with Crippen LogP contribution >= 0.6 is 0 Å². The van der Waals surface area contributed by atoms with Crippen molar-refractivity contribution in [2.24, 2.45) is 0 Å². The number of furan rings is 1. The third-order valence-electron chi connectivity index (χ3n) is 4.20. The van der Waals surface area contributed by atoms with Gasteiger partial charge in [-0.15, -0.1) is 0 Å². The molecule has 1 N–H and O–H groups in total. The minimum Gasteiger partial charge on any atom is -0.497 e. The maximum atomic E-state index is 12.3. The van der Waals surface area contributed by atoms with Crippen molar-refractivity contribution in [1.29, 1.82) is 0 Å². The Morgan fingerprint density at radius 3 is 2.52 bits per heavy atom. The molecule has 0 aliphatic heterocycles. The number of carbonyl (C=O) groups is 2. The lowest BCUT2D eigenvalue weighted by Crippen LogP contribution is -2.30. The van der Waals surface area contributed by atoms with Crippen molar-refractivity contribution in [3.05, 3.63) is 78.3 Å². The summed E-state index contributed by atoms with van der Waals surface area (Å²) < 4.78 is 15.8. The molecule has 7 heteroatoms. The summed E-state index contributed by atoms with van der Waals surface area (Å²) in [4.78, 5) is 25.9. The molecule has 3 rings (SSSR count). The number of hydrogen-bond donors (Lipinski definition) is 1. The summed E-state index contributed by atoms with van der Waals surface area (Å²) in [6.07, 6.45) is 1.44. The molecule has 0 radical (unpaired) electrons. The Labute approximate surface area is 168 Å². The first kappa shape index (κ1) is 20.0. The largest absolute Gasteiger partial charge is 0.497 e. The van der Waals surface area contributed by atoms with Gasteiger partial charge in [0.25, 0.3) is 11.8 Å². The van der Waals surface area contributed by atoms with Crippen molar-refractivity contribution in [2.45, 2.75) is 6.54 Å². The van der Waals surface area contributed by atoms with Crippen LogP contribution in [0.15, 0.2) is 71.3 Å². The van der Waals surface area contributed by atoms with Crippen LogP contribution in [0.5, 0.6) is 11.5 Å². The van der Waals surface area contributed by atoms with Gasteiger partial charge in [0, 0.05) is 19.3 Å². The lowest BCUT2D eigenvalue weighted by molar-refractivity contribution is -0.132. The number of anilines is 1. The minimum absolute atomic E-state index is 0.0848. The summed E-state index contributed by atoms with van der Waals surface area (Å²) in [6, 6.07) is 17.6. The van der Waals surface area contributed by atoms with Crippen LogP contribution in [0, 0.1) is 0 Å². The molecule has 0 atom stereocenters. The molecule has 0 aliphatic rings. The number of carbonyl (C=O) groups excluding carboxylic acids is 2. The highest BCUT2D eigenvalue weighted by Gasteiger charge is 2.12. The Hall–Kier alpha value is -3.74. The van der Waals surface area contributed by atoms with Gasteiger partial charge in [0.05, 0.1) is 13.4 Å². The van der Waals surface area contributed by atoms with E-state index in [9.17, 15) is 9.59 Å². The van der Waals surface area contributed by atoms with E-state index in [1.807, 2.05) is 24.3 Å². The van der Waals surface area contributed by atoms with E-state index in [0.717, 1.165) is 11.3 Å². The van der Waals surface area contributed by atoms with Crippen LogP contribution in [-0.2, 0) is 11.3 Å². The van der Waals surface area contributed by atoms with Gasteiger partial charge in [-0.2, -0.15) is 0 Å². The molecule has 1 heterocycles. The van der Waals surface area contributed by atoms with Gasteiger partial charge < -0.3 is 24.1 Å². The van der Waals surface area contributed by atoms with Gasteiger partial charge in [0.1, 0.15) is 11.5 Å². The molecule has 2 amide bonds. The molecule has 150 valence electrons. The van der Waals surface area contributed by atoms with Gasteiger partial charge in [-0.1, -0.05) is 12.1 Å². The number of ether oxygens (including phenoxy) is 2. The van der Waals surface area contributed by atoms with E-state index in [2.05, 4.69) is 5.32 Å². The van der Waals surface area contributed by atoms with Crippen LogP contribution < -0.4 is 14.8 Å². The number of nitrogens with zero attached hydrogens (tertiary/aromatic N) is 1. The molecular formula is C22H22N2O5. The molecule has 2 aromatic carbocycles. The van der Waals surface area contributed by atoms with Crippen molar-refractivity contribution in [1.82, 2.24) is 4.90 Å². The Morgan fingerprint density at radius 2 is 1.83 bits per heavy atom. The lowest BCUT2D eigenvalue weighted by Gasteiger charge is -2.18. The lowest BCUT2D eigenvalue weighted by atomic mass is 10.2. The number of hydrogen-bond acceptors (Lipinski definition) is 5. The summed E-state index contributed by atoms with van der Waals surface area (Å²) in [6.45, 7) is 0.371. The third-order valence-corrected chi connectivity index (χ3v) is 4.20. The zero-order valence-corrected chi connectivity index (χ0v) is 16.3. The van der Waals surface area contributed by atoms with Crippen molar-refractivity contribution >= 4 is 17.5 Å². The Kier molecular flexibility index (Phi) is 6.52. The van der Waals surface area contributed by atoms with E-state index in [-0.39, 0.29) is 24.2 Å². The number of benzene rings is 2. The average Bonchev–Trinajstić information content (AvgIpc) is 3.28. The number of amides is 2. The van der Waals surface area contributed by atoms with Gasteiger partial charge in [-0.05, 0) is 54.1 Å². The smallest absolute Gasteiger partial charge is 0.291 e. The fraction of sp³-hybridized carbons (Fsp3) is 0.182. The van der Waals surface area contributed by atoms with Crippen molar-refractivity contribution in [3.8, 4) is 11.5 Å². The topological polar surface area (TPSA) is 81.0 Å². The second-order valence-electron chi connectivity index (χ2n) is 6.35. The van der Waals surface area contributed by atoms with E-state index in [0.29, 0.717) is 18.0 Å². The van der Waals surface area contributed by atoms with E-state index in [1.54, 1.807) is 55.5 Å². The SMILES string of the molecule is COc1cccc(CN(C)C(=O)COc2ccc(NC(=O)c3ccco3)cc2)c1. The predicted molar refractivity (Wildman–Crippen MR) is 108 cm³/mol. The highest BCUT2D eigenvalue weighted by Crippen LogP contribution is 2.17. The number of rotatable bonds is 8. The zero-order chi connectivity index (χ0) is 20.6. The fourth-order valence-electron chi connectivity index (χ4n) is 2.62. The molecule has 0 saturated heterocycles. The average molecular weight is 394 g/mol. The molecule has 29 heavy (non-hydrogen) atoms. The standard InChI is InChI=1S/C22H22N2O5/c1-24(14-16-5-3-6-19(13-16)27-2)21(25)15-29-18-10-8-17(9-11-18)23-22(26)20-7-4-12-28-20/h3-13H,14-15H2,1-2H3,(H,23,26). The van der Waals surface area contributed by atoms with Gasteiger partial charge >= 0.3 is 0 Å². The Morgan fingerprint density at radius 1 is 1.03 bits per heavy atom. The van der Waals surface area contributed by atoms with Gasteiger partial charge in [-0.3, -0.25) is 9.59 Å². The summed E-state index contributed by atoms with van der Waals surface area (Å²) in [7, 11) is 3.33. The zero-order valence-electron chi connectivity index (χ0n) is 16.3. The molecule has 1 aromatic heterocycles. The quantitative estimate of drug-likeness (QED) is 0.632. The van der Waals surface area contributed by atoms with Crippen molar-refractivity contribution < 1.29 is 23.5 Å². The van der Waals surface area contributed by atoms with Gasteiger partial charge in [0.15, 0.2) is 12.4 Å². The molecule has 3 aromatic rings. The first-order valence-electron chi connectivity index (χ1n) is 9.00. The summed E-state index contributed by atoms with van der Waals surface area (Å²) >= 11 is 0. The highest BCUT2D eigenvalue weighted by atomic mass is 16.5. The molecule has 0 aliphatic carbocycles. The minimum atomic E-state index is -0.335. The molecule has 0 bridgehead atoms. The molecule has 0 spiro atoms. The van der Waals surface area contributed by atoms with Crippen molar-refractivity contribution in [2.75, 3.05) is 26.1 Å². The molecule has 7 nitrogen and oxygen atoms in total. The van der Waals surface area contributed by atoms with Crippen molar-refractivity contribution in [3.63, 3.8) is 0 Å². The van der Waals surface area contributed by atoms with E-state index in [1.165, 1.54) is 6.26 Å². The Balaban J connectivity index is 1.48. The maximum absolute atomic E-state index is 12.3. The second kappa shape index (κ2) is 9.45. The van der Waals surface area contributed by atoms with Crippen LogP contribution in [0.3, 0.4) is 0 Å². The molecule has 0 unspecified atom stereocenters. The maximum Gasteiger partial charge on any atom is 0.291 e. The van der Waals surface area contributed by atoms with Crippen LogP contribution in [-0.4, -0.2) is 37.5 Å². The Bertz CT molecular complexity index is 952. The molecular weight excluding hydrogens is 372 g/mol. The molecule has 0 fully saturated rings. The van der Waals surface area contributed by atoms with Crippen LogP contribution in [0.4, 0.5) is 5.69 Å². The fourth-order valence-corrected chi connectivity index (χ4v) is 2.62. The number of methoxy groups -OCH3 is 1. The predicted octanol–water partition coefficient (Wildman–Crippen LogP) is 3.58. The summed E-state index contributed by atoms with van der Waals surface area (Å²) in [5, 5.41) is 2.72. The third kappa shape index (κ3) is 5.62. The van der Waals surface area contributed by atoms with Crippen LogP contribution in [0.1, 0.15) is 16.1 Å². The normalized spacial score (nSPS) is 10.3. The van der Waals surface area contributed by atoms with E-state index >= 15 is 0 Å². The molecule has 0 saturated carbocycles. The van der Waals surface area contributed by atoms with Crippen LogP contribution in [0.2, 0.25) is 0 Å². The number of nitrogens with one attached hydrogen (secondary N) is 1.